The van der Waals surface area contributed by atoms with Crippen molar-refractivity contribution in [2.45, 2.75) is 51.6 Å². The quantitative estimate of drug-likeness (QED) is 0.420. The molecule has 0 saturated carbocycles. The van der Waals surface area contributed by atoms with Gasteiger partial charge in [-0.2, -0.15) is 13.2 Å². The standard InChI is InChI=1S/C15H21F3O/c1-2-3-4-5-6-7-8-9-10-11-12-13-14(19)15(16,17)18/h3-4,6-7,9-10H,2,5,8,11-13H2,1H3/b4-3-,7-6-,10-9-. The van der Waals surface area contributed by atoms with Gasteiger partial charge < -0.3 is 0 Å². The Kier molecular flexibility index (Phi) is 9.85. The van der Waals surface area contributed by atoms with Crippen molar-refractivity contribution in [3.63, 3.8) is 0 Å². The van der Waals surface area contributed by atoms with Crippen LogP contribution in [0.25, 0.3) is 0 Å². The van der Waals surface area contributed by atoms with Crippen LogP contribution >= 0.6 is 0 Å². The van der Waals surface area contributed by atoms with E-state index in [9.17, 15) is 18.0 Å². The molecule has 0 bridgehead atoms. The van der Waals surface area contributed by atoms with E-state index in [1.807, 2.05) is 24.3 Å². The molecule has 0 N–H and O–H groups in total. The third-order valence-electron chi connectivity index (χ3n) is 2.37. The molecule has 0 aromatic heterocycles. The van der Waals surface area contributed by atoms with Crippen molar-refractivity contribution >= 4 is 5.78 Å². The lowest BCUT2D eigenvalue weighted by Gasteiger charge is -2.02. The van der Waals surface area contributed by atoms with Crippen LogP contribution in [-0.4, -0.2) is 12.0 Å². The molecular formula is C15H21F3O. The summed E-state index contributed by atoms with van der Waals surface area (Å²) in [6, 6.07) is 0. The summed E-state index contributed by atoms with van der Waals surface area (Å²) in [5.74, 6) is -1.64. The van der Waals surface area contributed by atoms with Gasteiger partial charge in [0, 0.05) is 6.42 Å². The minimum absolute atomic E-state index is 0.248. The van der Waals surface area contributed by atoms with E-state index in [1.165, 1.54) is 0 Å². The first-order valence-corrected chi connectivity index (χ1v) is 6.53. The largest absolute Gasteiger partial charge is 0.449 e. The van der Waals surface area contributed by atoms with Gasteiger partial charge in [-0.05, 0) is 32.1 Å². The van der Waals surface area contributed by atoms with Gasteiger partial charge in [-0.25, -0.2) is 0 Å². The highest BCUT2D eigenvalue weighted by Gasteiger charge is 2.36. The highest BCUT2D eigenvalue weighted by molar-refractivity contribution is 5.83. The average molecular weight is 274 g/mol. The summed E-state index contributed by atoms with van der Waals surface area (Å²) in [5.41, 5.74) is 0. The van der Waals surface area contributed by atoms with Crippen LogP contribution in [0, 0.1) is 0 Å². The topological polar surface area (TPSA) is 17.1 Å². The van der Waals surface area contributed by atoms with E-state index in [0.29, 0.717) is 6.42 Å². The van der Waals surface area contributed by atoms with Gasteiger partial charge >= 0.3 is 6.18 Å². The summed E-state index contributed by atoms with van der Waals surface area (Å²) in [7, 11) is 0. The Bertz CT molecular complexity index is 325. The number of alkyl halides is 3. The summed E-state index contributed by atoms with van der Waals surface area (Å²) < 4.78 is 35.6. The Balaban J connectivity index is 3.55. The highest BCUT2D eigenvalue weighted by Crippen LogP contribution is 2.19. The molecule has 4 heteroatoms. The highest BCUT2D eigenvalue weighted by atomic mass is 19.4. The zero-order valence-electron chi connectivity index (χ0n) is 11.2. The maximum absolute atomic E-state index is 11.9. The maximum Gasteiger partial charge on any atom is 0.449 e. The van der Waals surface area contributed by atoms with Gasteiger partial charge in [0.1, 0.15) is 0 Å². The normalized spacial score (nSPS) is 13.1. The van der Waals surface area contributed by atoms with E-state index in [2.05, 4.69) is 19.1 Å². The second kappa shape index (κ2) is 10.6. The second-order valence-electron chi connectivity index (χ2n) is 4.11. The molecule has 0 atom stereocenters. The molecule has 0 aliphatic heterocycles. The zero-order valence-corrected chi connectivity index (χ0v) is 11.2. The van der Waals surface area contributed by atoms with Crippen molar-refractivity contribution in [1.82, 2.24) is 0 Å². The Morgan fingerprint density at radius 1 is 0.947 bits per heavy atom. The fourth-order valence-corrected chi connectivity index (χ4v) is 1.35. The van der Waals surface area contributed by atoms with E-state index in [-0.39, 0.29) is 6.42 Å². The fourth-order valence-electron chi connectivity index (χ4n) is 1.35. The number of ketones is 1. The van der Waals surface area contributed by atoms with E-state index >= 15 is 0 Å². The van der Waals surface area contributed by atoms with Crippen molar-refractivity contribution in [3.8, 4) is 0 Å². The molecule has 0 rings (SSSR count). The Labute approximate surface area is 112 Å². The molecule has 1 nitrogen and oxygen atoms in total. The predicted molar refractivity (Wildman–Crippen MR) is 71.9 cm³/mol. The first-order chi connectivity index (χ1) is 8.98. The van der Waals surface area contributed by atoms with E-state index in [1.54, 1.807) is 0 Å². The number of hydrogen-bond acceptors (Lipinski definition) is 1. The van der Waals surface area contributed by atoms with Crippen LogP contribution in [0.5, 0.6) is 0 Å². The van der Waals surface area contributed by atoms with Gasteiger partial charge in [-0.3, -0.25) is 4.79 Å². The van der Waals surface area contributed by atoms with Crippen molar-refractivity contribution < 1.29 is 18.0 Å². The number of hydrogen-bond donors (Lipinski definition) is 0. The van der Waals surface area contributed by atoms with Crippen molar-refractivity contribution in [2.75, 3.05) is 0 Å². The molecule has 0 radical (unpaired) electrons. The molecule has 0 amide bonds. The lowest BCUT2D eigenvalue weighted by molar-refractivity contribution is -0.171. The monoisotopic (exact) mass is 274 g/mol. The minimum Gasteiger partial charge on any atom is -0.290 e. The van der Waals surface area contributed by atoms with Crippen LogP contribution < -0.4 is 0 Å². The van der Waals surface area contributed by atoms with Gasteiger partial charge in [-0.15, -0.1) is 0 Å². The first kappa shape index (κ1) is 17.7. The number of Topliss-reactive ketones (excluding diaryl/α,β-unsaturated/α-hetero) is 1. The molecule has 0 saturated heterocycles. The minimum atomic E-state index is -4.68. The summed E-state index contributed by atoms with van der Waals surface area (Å²) >= 11 is 0. The third kappa shape index (κ3) is 11.5. The summed E-state index contributed by atoms with van der Waals surface area (Å²) in [6.07, 6.45) is 10.3. The van der Waals surface area contributed by atoms with Gasteiger partial charge in [0.2, 0.25) is 5.78 Å². The first-order valence-electron chi connectivity index (χ1n) is 6.53. The number of rotatable bonds is 9. The molecule has 19 heavy (non-hydrogen) atoms. The van der Waals surface area contributed by atoms with Crippen molar-refractivity contribution in [1.29, 1.82) is 0 Å². The molecule has 0 aromatic rings. The van der Waals surface area contributed by atoms with Crippen LogP contribution in [-0.2, 0) is 4.79 Å². The summed E-state index contributed by atoms with van der Waals surface area (Å²) in [5, 5.41) is 0. The molecule has 0 heterocycles. The van der Waals surface area contributed by atoms with E-state index in [0.717, 1.165) is 19.3 Å². The molecule has 108 valence electrons. The second-order valence-corrected chi connectivity index (χ2v) is 4.11. The number of unbranched alkanes of at least 4 members (excludes halogenated alkanes) is 1. The Hall–Kier alpha value is -1.32. The maximum atomic E-state index is 11.9. The van der Waals surface area contributed by atoms with Crippen LogP contribution in [0.1, 0.15) is 45.4 Å². The molecule has 0 aromatic carbocycles. The van der Waals surface area contributed by atoms with Crippen LogP contribution in [0.4, 0.5) is 13.2 Å². The fraction of sp³-hybridized carbons (Fsp3) is 0.533. The number of halogens is 3. The number of allylic oxidation sites excluding steroid dienone is 6. The molecule has 0 fully saturated rings. The van der Waals surface area contributed by atoms with Gasteiger partial charge in [0.25, 0.3) is 0 Å². The molecule has 0 unspecified atom stereocenters. The van der Waals surface area contributed by atoms with Crippen molar-refractivity contribution in [2.24, 2.45) is 0 Å². The smallest absolute Gasteiger partial charge is 0.290 e. The third-order valence-corrected chi connectivity index (χ3v) is 2.37. The summed E-state index contributed by atoms with van der Waals surface area (Å²) in [4.78, 5) is 10.6. The average Bonchev–Trinajstić information content (AvgIpc) is 2.34. The molecule has 0 aliphatic rings. The van der Waals surface area contributed by atoms with Crippen LogP contribution in [0.15, 0.2) is 36.5 Å². The predicted octanol–water partition coefficient (Wildman–Crippen LogP) is 5.15. The molecule has 0 spiro atoms. The van der Waals surface area contributed by atoms with E-state index < -0.39 is 18.4 Å². The Morgan fingerprint density at radius 3 is 2.00 bits per heavy atom. The lowest BCUT2D eigenvalue weighted by Crippen LogP contribution is -2.22. The molecular weight excluding hydrogens is 253 g/mol. The zero-order chi connectivity index (χ0) is 14.6. The summed E-state index contributed by atoms with van der Waals surface area (Å²) in [6.45, 7) is 2.08. The number of carbonyl (C=O) groups is 1. The van der Waals surface area contributed by atoms with E-state index in [4.69, 9.17) is 0 Å². The van der Waals surface area contributed by atoms with Crippen molar-refractivity contribution in [3.05, 3.63) is 36.5 Å². The van der Waals surface area contributed by atoms with Crippen LogP contribution in [0.2, 0.25) is 0 Å². The lowest BCUT2D eigenvalue weighted by atomic mass is 10.1. The van der Waals surface area contributed by atoms with Gasteiger partial charge in [0.15, 0.2) is 0 Å². The molecule has 0 aliphatic carbocycles. The van der Waals surface area contributed by atoms with Crippen LogP contribution in [0.3, 0.4) is 0 Å². The SMILES string of the molecule is CC/C=C\C/C=C\C/C=C\CCCC(=O)C(F)(F)F. The Morgan fingerprint density at radius 2 is 1.47 bits per heavy atom. The van der Waals surface area contributed by atoms with Gasteiger partial charge in [0.05, 0.1) is 0 Å². The van der Waals surface area contributed by atoms with Gasteiger partial charge in [-0.1, -0.05) is 43.4 Å². The number of carbonyl (C=O) groups excluding carboxylic acids is 1.